The highest BCUT2D eigenvalue weighted by molar-refractivity contribution is 7.13. The van der Waals surface area contributed by atoms with E-state index in [4.69, 9.17) is 14.5 Å². The molecule has 35 heavy (non-hydrogen) atoms. The van der Waals surface area contributed by atoms with Crippen LogP contribution in [0.15, 0.2) is 53.9 Å². The summed E-state index contributed by atoms with van der Waals surface area (Å²) in [5.41, 5.74) is 5.07. The number of nitrogens with zero attached hydrogens (tertiary/aromatic N) is 4. The summed E-state index contributed by atoms with van der Waals surface area (Å²) in [7, 11) is 1.72. The number of benzene rings is 2. The van der Waals surface area contributed by atoms with Gasteiger partial charge in [-0.2, -0.15) is 0 Å². The molecule has 2 saturated heterocycles. The molecule has 0 bridgehead atoms. The van der Waals surface area contributed by atoms with Crippen molar-refractivity contribution in [3.05, 3.63) is 70.7 Å². The van der Waals surface area contributed by atoms with Gasteiger partial charge in [-0.25, -0.2) is 4.98 Å². The van der Waals surface area contributed by atoms with Crippen LogP contribution in [-0.4, -0.2) is 62.9 Å². The van der Waals surface area contributed by atoms with Crippen LogP contribution in [0, 0.1) is 0 Å². The van der Waals surface area contributed by atoms with E-state index in [-0.39, 0.29) is 0 Å². The van der Waals surface area contributed by atoms with E-state index >= 15 is 0 Å². The van der Waals surface area contributed by atoms with E-state index in [0.29, 0.717) is 0 Å². The summed E-state index contributed by atoms with van der Waals surface area (Å²) >= 11 is 1.75. The number of aromatic nitrogens is 1. The quantitative estimate of drug-likeness (QED) is 0.404. The number of ether oxygens (including phenoxy) is 2. The zero-order chi connectivity index (χ0) is 23.9. The Kier molecular flexibility index (Phi) is 8.18. The van der Waals surface area contributed by atoms with Gasteiger partial charge in [0, 0.05) is 63.3 Å². The second-order valence-corrected chi connectivity index (χ2v) is 10.2. The summed E-state index contributed by atoms with van der Waals surface area (Å²) in [6.07, 6.45) is 3.56. The van der Waals surface area contributed by atoms with Gasteiger partial charge >= 0.3 is 0 Å². The summed E-state index contributed by atoms with van der Waals surface area (Å²) in [5, 5.41) is 3.31. The van der Waals surface area contributed by atoms with Gasteiger partial charge in [0.25, 0.3) is 0 Å². The number of morpholine rings is 1. The molecule has 0 unspecified atom stereocenters. The lowest BCUT2D eigenvalue weighted by Gasteiger charge is -2.26. The summed E-state index contributed by atoms with van der Waals surface area (Å²) in [5.74, 6) is 0.892. The van der Waals surface area contributed by atoms with Gasteiger partial charge in [0.05, 0.1) is 26.0 Å². The molecule has 2 aliphatic rings. The molecule has 3 aromatic rings. The maximum absolute atomic E-state index is 5.48. The van der Waals surface area contributed by atoms with Crippen LogP contribution in [0.3, 0.4) is 0 Å². The van der Waals surface area contributed by atoms with Crippen LogP contribution in [0.2, 0.25) is 0 Å². The van der Waals surface area contributed by atoms with E-state index in [1.807, 2.05) is 6.07 Å². The molecule has 0 aliphatic carbocycles. The fourth-order valence-electron chi connectivity index (χ4n) is 4.88. The third-order valence-electron chi connectivity index (χ3n) is 6.86. The van der Waals surface area contributed by atoms with Crippen molar-refractivity contribution in [3.8, 4) is 5.75 Å². The molecule has 7 heteroatoms. The molecule has 0 saturated carbocycles. The zero-order valence-corrected chi connectivity index (χ0v) is 21.5. The van der Waals surface area contributed by atoms with Crippen molar-refractivity contribution < 1.29 is 9.47 Å². The summed E-state index contributed by atoms with van der Waals surface area (Å²) in [4.78, 5) is 12.5. The maximum atomic E-state index is 5.48. The molecule has 0 spiro atoms. The van der Waals surface area contributed by atoms with Gasteiger partial charge in [0.2, 0.25) is 0 Å². The summed E-state index contributed by atoms with van der Waals surface area (Å²) in [6, 6.07) is 17.4. The van der Waals surface area contributed by atoms with Gasteiger partial charge < -0.3 is 19.3 Å². The summed E-state index contributed by atoms with van der Waals surface area (Å²) in [6.45, 7) is 8.71. The molecule has 2 aliphatic heterocycles. The first-order chi connectivity index (χ1) is 17.3. The molecule has 1 aromatic heterocycles. The lowest BCUT2D eigenvalue weighted by atomic mass is 10.1. The number of rotatable bonds is 10. The number of hydrogen-bond donors (Lipinski definition) is 0. The molecule has 6 nitrogen and oxygen atoms in total. The Morgan fingerprint density at radius 2 is 1.71 bits per heavy atom. The minimum absolute atomic E-state index is 0.793. The van der Waals surface area contributed by atoms with Crippen molar-refractivity contribution in [2.75, 3.05) is 62.8 Å². The van der Waals surface area contributed by atoms with Gasteiger partial charge in [-0.1, -0.05) is 24.3 Å². The Balaban J connectivity index is 1.33. The highest BCUT2D eigenvalue weighted by atomic mass is 32.1. The Hall–Kier alpha value is -2.61. The average molecular weight is 493 g/mol. The molecule has 0 N–H and O–H groups in total. The van der Waals surface area contributed by atoms with Crippen molar-refractivity contribution in [3.63, 3.8) is 0 Å². The predicted octanol–water partition coefficient (Wildman–Crippen LogP) is 4.83. The van der Waals surface area contributed by atoms with E-state index in [1.165, 1.54) is 35.3 Å². The molecule has 5 rings (SSSR count). The highest BCUT2D eigenvalue weighted by Crippen LogP contribution is 2.28. The van der Waals surface area contributed by atoms with Crippen LogP contribution >= 0.6 is 11.3 Å². The van der Waals surface area contributed by atoms with Crippen molar-refractivity contribution in [2.45, 2.75) is 32.4 Å². The predicted molar refractivity (Wildman–Crippen MR) is 144 cm³/mol. The van der Waals surface area contributed by atoms with Crippen LogP contribution in [0.25, 0.3) is 0 Å². The van der Waals surface area contributed by atoms with E-state index in [1.54, 1.807) is 18.4 Å². The first-order valence-corrected chi connectivity index (χ1v) is 13.6. The SMILES string of the molecule is COc1cccc(CN(Cc2cccc(N3CCCC3)c2)c2nc(CCN3CCOCC3)cs2)c1. The molecule has 2 aromatic carbocycles. The van der Waals surface area contributed by atoms with E-state index in [2.05, 4.69) is 62.5 Å². The fraction of sp³-hybridized carbons (Fsp3) is 0.464. The van der Waals surface area contributed by atoms with Crippen LogP contribution in [0.1, 0.15) is 29.7 Å². The zero-order valence-electron chi connectivity index (χ0n) is 20.7. The molecular formula is C28H36N4O2S. The van der Waals surface area contributed by atoms with Gasteiger partial charge in [-0.3, -0.25) is 4.90 Å². The third kappa shape index (κ3) is 6.54. The first kappa shape index (κ1) is 24.1. The van der Waals surface area contributed by atoms with Crippen LogP contribution in [-0.2, 0) is 24.2 Å². The minimum atomic E-state index is 0.793. The Bertz CT molecular complexity index is 1080. The standard InChI is InChI=1S/C28H36N4O2S/c1-33-27-9-5-7-24(19-27)21-32(20-23-6-4-8-26(18-23)31-11-2-3-12-31)28-29-25(22-35-28)10-13-30-14-16-34-17-15-30/h4-9,18-19,22H,2-3,10-17,20-21H2,1H3. The van der Waals surface area contributed by atoms with E-state index in [9.17, 15) is 0 Å². The molecule has 186 valence electrons. The molecule has 0 atom stereocenters. The molecular weight excluding hydrogens is 456 g/mol. The van der Waals surface area contributed by atoms with Crippen LogP contribution < -0.4 is 14.5 Å². The Morgan fingerprint density at radius 1 is 0.971 bits per heavy atom. The normalized spacial score (nSPS) is 16.5. The largest absolute Gasteiger partial charge is 0.497 e. The number of thiazole rings is 1. The van der Waals surface area contributed by atoms with Gasteiger partial charge in [0.15, 0.2) is 5.13 Å². The van der Waals surface area contributed by atoms with E-state index < -0.39 is 0 Å². The van der Waals surface area contributed by atoms with Crippen molar-refractivity contribution in [2.24, 2.45) is 0 Å². The molecule has 2 fully saturated rings. The molecule has 0 radical (unpaired) electrons. The smallest absolute Gasteiger partial charge is 0.186 e. The Labute approximate surface area is 213 Å². The molecule has 0 amide bonds. The van der Waals surface area contributed by atoms with Crippen LogP contribution in [0.5, 0.6) is 5.75 Å². The highest BCUT2D eigenvalue weighted by Gasteiger charge is 2.17. The first-order valence-electron chi connectivity index (χ1n) is 12.7. The number of methoxy groups -OCH3 is 1. The Morgan fingerprint density at radius 3 is 2.49 bits per heavy atom. The van der Waals surface area contributed by atoms with Gasteiger partial charge in [0.1, 0.15) is 5.75 Å². The number of anilines is 2. The van der Waals surface area contributed by atoms with E-state index in [0.717, 1.165) is 76.3 Å². The average Bonchev–Trinajstić information content (AvgIpc) is 3.61. The fourth-order valence-corrected chi connectivity index (χ4v) is 5.74. The van der Waals surface area contributed by atoms with Gasteiger partial charge in [-0.05, 0) is 48.2 Å². The second kappa shape index (κ2) is 11.9. The number of hydrogen-bond acceptors (Lipinski definition) is 7. The molecule has 3 heterocycles. The lowest BCUT2D eigenvalue weighted by molar-refractivity contribution is 0.0383. The van der Waals surface area contributed by atoms with Crippen molar-refractivity contribution in [1.29, 1.82) is 0 Å². The van der Waals surface area contributed by atoms with Crippen molar-refractivity contribution in [1.82, 2.24) is 9.88 Å². The topological polar surface area (TPSA) is 41.1 Å². The minimum Gasteiger partial charge on any atom is -0.497 e. The van der Waals surface area contributed by atoms with Gasteiger partial charge in [-0.15, -0.1) is 11.3 Å². The van der Waals surface area contributed by atoms with Crippen molar-refractivity contribution >= 4 is 22.2 Å². The second-order valence-electron chi connectivity index (χ2n) is 9.40. The lowest BCUT2D eigenvalue weighted by Crippen LogP contribution is -2.37. The monoisotopic (exact) mass is 492 g/mol. The maximum Gasteiger partial charge on any atom is 0.186 e. The van der Waals surface area contributed by atoms with Crippen LogP contribution in [0.4, 0.5) is 10.8 Å². The third-order valence-corrected chi connectivity index (χ3v) is 7.81. The summed E-state index contributed by atoms with van der Waals surface area (Å²) < 4.78 is 11.0.